The average molecular weight is 275 g/mol. The number of hydrogen-bond donors (Lipinski definition) is 2. The Morgan fingerprint density at radius 3 is 2.80 bits per heavy atom. The predicted molar refractivity (Wildman–Crippen MR) is 78.5 cm³/mol. The van der Waals surface area contributed by atoms with Gasteiger partial charge < -0.3 is 15.6 Å². The topological polar surface area (TPSA) is 77.9 Å². The molecule has 0 atom stereocenters. The van der Waals surface area contributed by atoms with Gasteiger partial charge in [-0.1, -0.05) is 0 Å². The molecule has 0 aromatic carbocycles. The number of amides is 1. The summed E-state index contributed by atoms with van der Waals surface area (Å²) in [5.41, 5.74) is 8.08. The van der Waals surface area contributed by atoms with Gasteiger partial charge in [0.05, 0.1) is 11.9 Å². The highest BCUT2D eigenvalue weighted by Gasteiger charge is 2.14. The Kier molecular flexibility index (Phi) is 4.12. The Balaban J connectivity index is 1.95. The molecule has 6 heteroatoms. The van der Waals surface area contributed by atoms with E-state index in [2.05, 4.69) is 10.4 Å². The number of carbonyl (C=O) groups excluding carboxylic acids is 1. The van der Waals surface area contributed by atoms with E-state index in [1.165, 1.54) is 0 Å². The number of aryl methyl sites for hydroxylation is 1. The average Bonchev–Trinajstić information content (AvgIpc) is 2.95. The van der Waals surface area contributed by atoms with Crippen LogP contribution >= 0.6 is 0 Å². The Morgan fingerprint density at radius 2 is 2.20 bits per heavy atom. The van der Waals surface area contributed by atoms with Gasteiger partial charge in [-0.3, -0.25) is 9.48 Å². The molecule has 0 aliphatic heterocycles. The van der Waals surface area contributed by atoms with Crippen LogP contribution in [0.3, 0.4) is 0 Å². The van der Waals surface area contributed by atoms with Crippen molar-refractivity contribution in [3.63, 3.8) is 0 Å². The summed E-state index contributed by atoms with van der Waals surface area (Å²) in [4.78, 5) is 12.2. The van der Waals surface area contributed by atoms with Gasteiger partial charge in [0.1, 0.15) is 5.69 Å². The van der Waals surface area contributed by atoms with Crippen LogP contribution in [0.15, 0.2) is 24.7 Å². The first-order chi connectivity index (χ1) is 9.47. The number of nitrogens with two attached hydrogens (primary N) is 1. The summed E-state index contributed by atoms with van der Waals surface area (Å²) in [5.74, 6) is -0.0979. The normalized spacial score (nSPS) is 11.0. The molecule has 0 aliphatic rings. The minimum atomic E-state index is -0.0979. The number of nitrogens with one attached hydrogen (secondary N) is 1. The van der Waals surface area contributed by atoms with Crippen molar-refractivity contribution >= 4 is 11.6 Å². The second-order valence-corrected chi connectivity index (χ2v) is 5.19. The molecule has 2 rings (SSSR count). The van der Waals surface area contributed by atoms with E-state index in [0.717, 1.165) is 12.0 Å². The van der Waals surface area contributed by atoms with Crippen molar-refractivity contribution in [1.29, 1.82) is 0 Å². The standard InChI is InChI=1S/C14H21N5O/c1-10(2)19-9-12(15)6-13(19)14(20)16-5-4-11-7-17-18(3)8-11/h6-10H,4-5,15H2,1-3H3,(H,16,20). The summed E-state index contributed by atoms with van der Waals surface area (Å²) < 4.78 is 3.64. The van der Waals surface area contributed by atoms with E-state index >= 15 is 0 Å². The Hall–Kier alpha value is -2.24. The molecule has 0 fully saturated rings. The molecule has 3 N–H and O–H groups in total. The first kappa shape index (κ1) is 14.2. The SMILES string of the molecule is CC(C)n1cc(N)cc1C(=O)NCCc1cnn(C)c1. The minimum Gasteiger partial charge on any atom is -0.397 e. The van der Waals surface area contributed by atoms with Crippen LogP contribution in [0, 0.1) is 0 Å². The van der Waals surface area contributed by atoms with Gasteiger partial charge in [-0.2, -0.15) is 5.10 Å². The Bertz CT molecular complexity index is 596. The monoisotopic (exact) mass is 275 g/mol. The third-order valence-electron chi connectivity index (χ3n) is 3.12. The zero-order valence-corrected chi connectivity index (χ0v) is 12.1. The zero-order chi connectivity index (χ0) is 14.7. The van der Waals surface area contributed by atoms with Crippen LogP contribution in [0.1, 0.15) is 35.9 Å². The highest BCUT2D eigenvalue weighted by atomic mass is 16.1. The first-order valence-corrected chi connectivity index (χ1v) is 6.70. The van der Waals surface area contributed by atoms with Gasteiger partial charge in [-0.05, 0) is 31.9 Å². The molecule has 108 valence electrons. The van der Waals surface area contributed by atoms with E-state index in [1.54, 1.807) is 23.1 Å². The summed E-state index contributed by atoms with van der Waals surface area (Å²) in [6.07, 6.45) is 6.31. The Labute approximate surface area is 118 Å². The lowest BCUT2D eigenvalue weighted by molar-refractivity contribution is 0.0943. The maximum Gasteiger partial charge on any atom is 0.268 e. The number of rotatable bonds is 5. The van der Waals surface area contributed by atoms with Crippen LogP contribution in [0.4, 0.5) is 5.69 Å². The summed E-state index contributed by atoms with van der Waals surface area (Å²) in [5, 5.41) is 7.01. The molecule has 0 saturated carbocycles. The first-order valence-electron chi connectivity index (χ1n) is 6.70. The Morgan fingerprint density at radius 1 is 1.45 bits per heavy atom. The van der Waals surface area contributed by atoms with Crippen molar-refractivity contribution in [3.05, 3.63) is 35.9 Å². The van der Waals surface area contributed by atoms with Crippen LogP contribution < -0.4 is 11.1 Å². The fourth-order valence-corrected chi connectivity index (χ4v) is 2.12. The second kappa shape index (κ2) is 5.81. The molecule has 2 aromatic heterocycles. The quantitative estimate of drug-likeness (QED) is 0.864. The zero-order valence-electron chi connectivity index (χ0n) is 12.1. The van der Waals surface area contributed by atoms with E-state index in [0.29, 0.717) is 17.9 Å². The third-order valence-corrected chi connectivity index (χ3v) is 3.12. The highest BCUT2D eigenvalue weighted by Crippen LogP contribution is 2.16. The van der Waals surface area contributed by atoms with Crippen LogP contribution in [-0.2, 0) is 13.5 Å². The fourth-order valence-electron chi connectivity index (χ4n) is 2.12. The molecule has 0 saturated heterocycles. The van der Waals surface area contributed by atoms with Gasteiger partial charge in [0.15, 0.2) is 0 Å². The highest BCUT2D eigenvalue weighted by molar-refractivity contribution is 5.93. The number of hydrogen-bond acceptors (Lipinski definition) is 3. The lowest BCUT2D eigenvalue weighted by Crippen LogP contribution is -2.28. The van der Waals surface area contributed by atoms with Gasteiger partial charge in [-0.15, -0.1) is 0 Å². The number of carbonyl (C=O) groups is 1. The molecule has 0 bridgehead atoms. The smallest absolute Gasteiger partial charge is 0.268 e. The maximum atomic E-state index is 12.2. The molecule has 2 heterocycles. The molecular formula is C14H21N5O. The minimum absolute atomic E-state index is 0.0979. The van der Waals surface area contributed by atoms with Gasteiger partial charge >= 0.3 is 0 Å². The van der Waals surface area contributed by atoms with E-state index < -0.39 is 0 Å². The van der Waals surface area contributed by atoms with Gasteiger partial charge in [0.2, 0.25) is 0 Å². The summed E-state index contributed by atoms with van der Waals surface area (Å²) in [6.45, 7) is 4.62. The van der Waals surface area contributed by atoms with Gasteiger partial charge in [0.25, 0.3) is 5.91 Å². The molecule has 2 aromatic rings. The second-order valence-electron chi connectivity index (χ2n) is 5.19. The largest absolute Gasteiger partial charge is 0.397 e. The molecule has 0 unspecified atom stereocenters. The van der Waals surface area contributed by atoms with Crippen molar-refractivity contribution in [2.45, 2.75) is 26.3 Å². The fraction of sp³-hybridized carbons (Fsp3) is 0.429. The van der Waals surface area contributed by atoms with E-state index in [9.17, 15) is 4.79 Å². The molecule has 20 heavy (non-hydrogen) atoms. The van der Waals surface area contributed by atoms with Gasteiger partial charge in [-0.25, -0.2) is 0 Å². The number of anilines is 1. The molecule has 0 aliphatic carbocycles. The molecule has 1 amide bonds. The van der Waals surface area contributed by atoms with Crippen LogP contribution in [0.25, 0.3) is 0 Å². The van der Waals surface area contributed by atoms with E-state index in [1.807, 2.05) is 31.7 Å². The van der Waals surface area contributed by atoms with Crippen molar-refractivity contribution in [3.8, 4) is 0 Å². The number of nitrogen functional groups attached to an aromatic ring is 1. The van der Waals surface area contributed by atoms with Gasteiger partial charge in [0, 0.05) is 32.0 Å². The van der Waals surface area contributed by atoms with Crippen molar-refractivity contribution in [1.82, 2.24) is 19.7 Å². The summed E-state index contributed by atoms with van der Waals surface area (Å²) in [7, 11) is 1.88. The van der Waals surface area contributed by atoms with Crippen LogP contribution in [0.2, 0.25) is 0 Å². The third kappa shape index (κ3) is 3.20. The van der Waals surface area contributed by atoms with Crippen molar-refractivity contribution in [2.24, 2.45) is 7.05 Å². The molecule has 6 nitrogen and oxygen atoms in total. The predicted octanol–water partition coefficient (Wildman–Crippen LogP) is 1.36. The summed E-state index contributed by atoms with van der Waals surface area (Å²) >= 11 is 0. The maximum absolute atomic E-state index is 12.2. The van der Waals surface area contributed by atoms with Crippen LogP contribution in [-0.4, -0.2) is 26.8 Å². The van der Waals surface area contributed by atoms with E-state index in [-0.39, 0.29) is 11.9 Å². The number of nitrogens with zero attached hydrogens (tertiary/aromatic N) is 3. The molecule has 0 spiro atoms. The lowest BCUT2D eigenvalue weighted by Gasteiger charge is -2.12. The molecule has 0 radical (unpaired) electrons. The van der Waals surface area contributed by atoms with E-state index in [4.69, 9.17) is 5.73 Å². The molecular weight excluding hydrogens is 254 g/mol. The van der Waals surface area contributed by atoms with Crippen LogP contribution in [0.5, 0.6) is 0 Å². The number of aromatic nitrogens is 3. The van der Waals surface area contributed by atoms with Crippen molar-refractivity contribution in [2.75, 3.05) is 12.3 Å². The lowest BCUT2D eigenvalue weighted by atomic mass is 10.2. The summed E-state index contributed by atoms with van der Waals surface area (Å²) in [6, 6.07) is 1.91. The van der Waals surface area contributed by atoms with Crippen molar-refractivity contribution < 1.29 is 4.79 Å².